The summed E-state index contributed by atoms with van der Waals surface area (Å²) in [5.74, 6) is 0. The fourth-order valence-electron chi connectivity index (χ4n) is 1.46. The third-order valence-electron chi connectivity index (χ3n) is 2.15. The second kappa shape index (κ2) is 4.42. The largest absolute Gasteiger partial charge is 0.316 e. The summed E-state index contributed by atoms with van der Waals surface area (Å²) in [4.78, 5) is 22.0. The van der Waals surface area contributed by atoms with Gasteiger partial charge in [-0.3, -0.25) is 15.1 Å². The standard InChI is InChI=1S/C10H7ClN4O2/c1-6-9(15(16)17)8(14-10(11)13-6)7-3-2-4-12-5-7/h2-5H,1H3. The zero-order valence-corrected chi connectivity index (χ0v) is 9.55. The number of aromatic nitrogens is 3. The van der Waals surface area contributed by atoms with E-state index in [1.165, 1.54) is 13.1 Å². The van der Waals surface area contributed by atoms with Crippen molar-refractivity contribution in [1.29, 1.82) is 0 Å². The van der Waals surface area contributed by atoms with Crippen molar-refractivity contribution >= 4 is 17.3 Å². The minimum Gasteiger partial charge on any atom is -0.264 e. The Labute approximate surface area is 101 Å². The molecule has 2 aromatic heterocycles. The molecule has 0 N–H and O–H groups in total. The van der Waals surface area contributed by atoms with Gasteiger partial charge >= 0.3 is 5.69 Å². The van der Waals surface area contributed by atoms with Crippen molar-refractivity contribution in [2.45, 2.75) is 6.92 Å². The molecule has 0 saturated carbocycles. The Morgan fingerprint density at radius 3 is 2.76 bits per heavy atom. The number of nitrogens with zero attached hydrogens (tertiary/aromatic N) is 4. The number of pyridine rings is 1. The molecule has 0 aliphatic heterocycles. The summed E-state index contributed by atoms with van der Waals surface area (Å²) in [5, 5.41) is 11.0. The zero-order valence-electron chi connectivity index (χ0n) is 8.79. The van der Waals surface area contributed by atoms with Crippen LogP contribution in [0.15, 0.2) is 24.5 Å². The van der Waals surface area contributed by atoms with Crippen molar-refractivity contribution in [3.63, 3.8) is 0 Å². The topological polar surface area (TPSA) is 81.8 Å². The summed E-state index contributed by atoms with van der Waals surface area (Å²) in [6.45, 7) is 1.52. The number of hydrogen-bond donors (Lipinski definition) is 0. The van der Waals surface area contributed by atoms with Crippen molar-refractivity contribution < 1.29 is 4.92 Å². The molecule has 0 unspecified atom stereocenters. The minimum absolute atomic E-state index is 0.0213. The van der Waals surface area contributed by atoms with E-state index in [0.717, 1.165) is 0 Å². The summed E-state index contributed by atoms with van der Waals surface area (Å²) in [7, 11) is 0. The second-order valence-electron chi connectivity index (χ2n) is 3.27. The molecule has 2 heterocycles. The average Bonchev–Trinajstić information content (AvgIpc) is 2.28. The highest BCUT2D eigenvalue weighted by atomic mass is 35.5. The Bertz CT molecular complexity index is 574. The molecule has 0 aliphatic rings. The lowest BCUT2D eigenvalue weighted by molar-refractivity contribution is -0.385. The molecule has 86 valence electrons. The Balaban J connectivity index is 2.72. The van der Waals surface area contributed by atoms with Crippen LogP contribution in [0, 0.1) is 17.0 Å². The van der Waals surface area contributed by atoms with E-state index in [1.807, 2.05) is 0 Å². The van der Waals surface area contributed by atoms with Gasteiger partial charge in [0.2, 0.25) is 5.28 Å². The summed E-state index contributed by atoms with van der Waals surface area (Å²) >= 11 is 5.71. The van der Waals surface area contributed by atoms with Gasteiger partial charge in [-0.05, 0) is 30.7 Å². The van der Waals surface area contributed by atoms with E-state index < -0.39 is 4.92 Å². The zero-order chi connectivity index (χ0) is 12.4. The smallest absolute Gasteiger partial charge is 0.264 e. The number of hydrogen-bond acceptors (Lipinski definition) is 5. The Hall–Kier alpha value is -2.08. The summed E-state index contributed by atoms with van der Waals surface area (Å²) < 4.78 is 0. The summed E-state index contributed by atoms with van der Waals surface area (Å²) in [5.41, 5.74) is 0.795. The van der Waals surface area contributed by atoms with Gasteiger partial charge in [0.1, 0.15) is 5.69 Å². The average molecular weight is 251 g/mol. The summed E-state index contributed by atoms with van der Waals surface area (Å²) in [6.07, 6.45) is 3.07. The first-order valence-corrected chi connectivity index (χ1v) is 5.06. The Morgan fingerprint density at radius 1 is 1.41 bits per heavy atom. The van der Waals surface area contributed by atoms with Gasteiger partial charge in [0.15, 0.2) is 5.69 Å². The van der Waals surface area contributed by atoms with Gasteiger partial charge in [-0.2, -0.15) is 0 Å². The lowest BCUT2D eigenvalue weighted by Crippen LogP contribution is -2.01. The SMILES string of the molecule is Cc1nc(Cl)nc(-c2cccnc2)c1[N+](=O)[O-]. The van der Waals surface area contributed by atoms with Crippen LogP contribution in [-0.2, 0) is 0 Å². The van der Waals surface area contributed by atoms with Gasteiger partial charge in [-0.1, -0.05) is 0 Å². The van der Waals surface area contributed by atoms with Gasteiger partial charge < -0.3 is 0 Å². The highest BCUT2D eigenvalue weighted by Crippen LogP contribution is 2.30. The molecule has 0 spiro atoms. The molecule has 6 nitrogen and oxygen atoms in total. The molecule has 0 saturated heterocycles. The van der Waals surface area contributed by atoms with E-state index in [0.29, 0.717) is 5.56 Å². The Kier molecular flexibility index (Phi) is 2.97. The molecular weight excluding hydrogens is 244 g/mol. The molecular formula is C10H7ClN4O2. The molecule has 7 heteroatoms. The van der Waals surface area contributed by atoms with Gasteiger partial charge in [-0.15, -0.1) is 0 Å². The van der Waals surface area contributed by atoms with E-state index in [4.69, 9.17) is 11.6 Å². The van der Waals surface area contributed by atoms with Crippen LogP contribution >= 0.6 is 11.6 Å². The van der Waals surface area contributed by atoms with Crippen LogP contribution in [0.2, 0.25) is 5.28 Å². The van der Waals surface area contributed by atoms with Gasteiger partial charge in [0.25, 0.3) is 0 Å². The van der Waals surface area contributed by atoms with Crippen molar-refractivity contribution in [1.82, 2.24) is 15.0 Å². The molecule has 0 aromatic carbocycles. The highest BCUT2D eigenvalue weighted by Gasteiger charge is 2.22. The molecule has 0 atom stereocenters. The Morgan fingerprint density at radius 2 is 2.18 bits per heavy atom. The fraction of sp³-hybridized carbons (Fsp3) is 0.100. The maximum Gasteiger partial charge on any atom is 0.316 e. The maximum atomic E-state index is 11.0. The molecule has 17 heavy (non-hydrogen) atoms. The normalized spacial score (nSPS) is 10.2. The van der Waals surface area contributed by atoms with E-state index in [1.54, 1.807) is 18.3 Å². The van der Waals surface area contributed by atoms with Crippen LogP contribution in [0.4, 0.5) is 5.69 Å². The molecule has 0 aliphatic carbocycles. The fourth-order valence-corrected chi connectivity index (χ4v) is 1.67. The van der Waals surface area contributed by atoms with E-state index >= 15 is 0 Å². The lowest BCUT2D eigenvalue weighted by Gasteiger charge is -2.04. The van der Waals surface area contributed by atoms with Crippen LogP contribution in [0.25, 0.3) is 11.3 Å². The van der Waals surface area contributed by atoms with Crippen molar-refractivity contribution in [3.05, 3.63) is 45.6 Å². The van der Waals surface area contributed by atoms with Gasteiger partial charge in [-0.25, -0.2) is 9.97 Å². The first-order chi connectivity index (χ1) is 8.09. The predicted molar refractivity (Wildman–Crippen MR) is 61.7 cm³/mol. The number of aryl methyl sites for hydroxylation is 1. The minimum atomic E-state index is -0.520. The van der Waals surface area contributed by atoms with Gasteiger partial charge in [0.05, 0.1) is 4.92 Å². The van der Waals surface area contributed by atoms with Crippen molar-refractivity contribution in [3.8, 4) is 11.3 Å². The molecule has 2 rings (SSSR count). The molecule has 0 amide bonds. The quantitative estimate of drug-likeness (QED) is 0.464. The van der Waals surface area contributed by atoms with Crippen LogP contribution in [0.3, 0.4) is 0 Å². The maximum absolute atomic E-state index is 11.0. The highest BCUT2D eigenvalue weighted by molar-refractivity contribution is 6.28. The van der Waals surface area contributed by atoms with E-state index in [2.05, 4.69) is 15.0 Å². The van der Waals surface area contributed by atoms with Crippen LogP contribution < -0.4 is 0 Å². The van der Waals surface area contributed by atoms with Crippen LogP contribution in [0.5, 0.6) is 0 Å². The van der Waals surface area contributed by atoms with Gasteiger partial charge in [0, 0.05) is 18.0 Å². The van der Waals surface area contributed by atoms with Crippen LogP contribution in [0.1, 0.15) is 5.69 Å². The molecule has 0 radical (unpaired) electrons. The second-order valence-corrected chi connectivity index (χ2v) is 3.61. The number of rotatable bonds is 2. The monoisotopic (exact) mass is 250 g/mol. The number of nitro groups is 1. The predicted octanol–water partition coefficient (Wildman–Crippen LogP) is 2.41. The van der Waals surface area contributed by atoms with Crippen molar-refractivity contribution in [2.75, 3.05) is 0 Å². The molecule has 0 fully saturated rings. The van der Waals surface area contributed by atoms with Crippen LogP contribution in [-0.4, -0.2) is 19.9 Å². The molecule has 0 bridgehead atoms. The van der Waals surface area contributed by atoms with E-state index in [9.17, 15) is 10.1 Å². The number of halogens is 1. The lowest BCUT2D eigenvalue weighted by atomic mass is 10.1. The van der Waals surface area contributed by atoms with Crippen molar-refractivity contribution in [2.24, 2.45) is 0 Å². The molecule has 2 aromatic rings. The third kappa shape index (κ3) is 2.21. The first kappa shape index (κ1) is 11.4. The third-order valence-corrected chi connectivity index (χ3v) is 2.32. The van der Waals surface area contributed by atoms with E-state index in [-0.39, 0.29) is 22.4 Å². The first-order valence-electron chi connectivity index (χ1n) is 4.68. The summed E-state index contributed by atoms with van der Waals surface area (Å²) in [6, 6.07) is 3.35.